The minimum Gasteiger partial charge on any atom is -0.545 e. The fourth-order valence-corrected chi connectivity index (χ4v) is 0. The molecule has 0 unspecified atom stereocenters. The molecule has 0 aliphatic carbocycles. The van der Waals surface area contributed by atoms with E-state index >= 15 is 0 Å². The summed E-state index contributed by atoms with van der Waals surface area (Å²) in [4.78, 5) is 62.0. The van der Waals surface area contributed by atoms with E-state index in [4.69, 9.17) is 38.4 Å². The molecule has 0 radical (unpaired) electrons. The molecule has 102 valence electrons. The van der Waals surface area contributed by atoms with Crippen molar-refractivity contribution in [2.45, 2.75) is 0 Å². The largest absolute Gasteiger partial charge is 0.545 e. The van der Waals surface area contributed by atoms with E-state index in [1.54, 1.807) is 0 Å². The molecule has 0 aromatic rings. The fourth-order valence-electron chi connectivity index (χ4n) is 0. The Hall–Kier alpha value is -1.95. The Balaban J connectivity index is -0.00000000610. The van der Waals surface area contributed by atoms with Gasteiger partial charge in [-0.3, -0.25) is 54.3 Å². The van der Waals surface area contributed by atoms with Crippen LogP contribution in [0.5, 0.6) is 0 Å². The molecular formula is C8H8MoO8-8. The molecule has 0 aromatic heterocycles. The van der Waals surface area contributed by atoms with Gasteiger partial charge < -0.3 is 38.4 Å². The SMILES string of the molecule is [CH-]=O.[CH-]=O.[CH-]=O.[CH-]=O.[CH-]=O.[CH-]=O.[CH-]=O.[CH-]=O.[Mo]. The van der Waals surface area contributed by atoms with Crippen LogP contribution in [-0.2, 0) is 59.4 Å². The van der Waals surface area contributed by atoms with Crippen molar-refractivity contribution in [1.82, 2.24) is 0 Å². The third kappa shape index (κ3) is 535. The molecule has 0 fully saturated rings. The Kier molecular flexibility index (Phi) is 3000. The van der Waals surface area contributed by atoms with Gasteiger partial charge in [0.05, 0.1) is 0 Å². The quantitative estimate of drug-likeness (QED) is 0.278. The van der Waals surface area contributed by atoms with Gasteiger partial charge in [-0.05, 0) is 0 Å². The first-order valence-electron chi connectivity index (χ1n) is 1.89. The second-order valence-electron chi connectivity index (χ2n) is 0. The first-order chi connectivity index (χ1) is 8.00. The molecule has 0 aromatic carbocycles. The first-order valence-corrected chi connectivity index (χ1v) is 1.89. The maximum atomic E-state index is 7.75. The Bertz CT molecular complexity index is 45.5. The zero-order valence-electron chi connectivity index (χ0n) is 8.29. The van der Waals surface area contributed by atoms with E-state index in [0.717, 1.165) is 0 Å². The molecule has 8 nitrogen and oxygen atoms in total. The van der Waals surface area contributed by atoms with Crippen LogP contribution in [-0.4, -0.2) is 54.3 Å². The summed E-state index contributed by atoms with van der Waals surface area (Å²) < 4.78 is 0. The predicted molar refractivity (Wildman–Crippen MR) is 54.0 cm³/mol. The van der Waals surface area contributed by atoms with Gasteiger partial charge in [-0.2, -0.15) is 0 Å². The van der Waals surface area contributed by atoms with E-state index in [1.165, 1.54) is 0 Å². The van der Waals surface area contributed by atoms with Crippen molar-refractivity contribution < 1.29 is 59.4 Å². The van der Waals surface area contributed by atoms with Crippen LogP contribution in [0.1, 0.15) is 0 Å². The van der Waals surface area contributed by atoms with E-state index in [9.17, 15) is 0 Å². The average molecular weight is 328 g/mol. The van der Waals surface area contributed by atoms with Gasteiger partial charge in [-0.25, -0.2) is 0 Å². The summed E-state index contributed by atoms with van der Waals surface area (Å²) >= 11 is 0. The molecule has 0 rings (SSSR count). The average Bonchev–Trinajstić information content (AvgIpc) is 2.54. The summed E-state index contributed by atoms with van der Waals surface area (Å²) in [6.45, 7) is 26.0. The van der Waals surface area contributed by atoms with Crippen molar-refractivity contribution >= 4 is 54.3 Å². The normalized spacial score (nSPS) is 1.88. The Labute approximate surface area is 114 Å². The summed E-state index contributed by atoms with van der Waals surface area (Å²) in [5, 5.41) is 0. The van der Waals surface area contributed by atoms with Gasteiger partial charge in [0.15, 0.2) is 0 Å². The van der Waals surface area contributed by atoms with E-state index in [0.29, 0.717) is 0 Å². The standard InChI is InChI=1S/8CHO.Mo/c8*1-2;/h8*1H;/q8*-1;. The van der Waals surface area contributed by atoms with Gasteiger partial charge in [-0.15, -0.1) is 0 Å². The molecule has 17 heavy (non-hydrogen) atoms. The molecule has 0 spiro atoms. The zero-order valence-corrected chi connectivity index (χ0v) is 10.3. The van der Waals surface area contributed by atoms with E-state index in [2.05, 4.69) is 54.3 Å². The summed E-state index contributed by atoms with van der Waals surface area (Å²) in [6.07, 6.45) is 0. The minimum atomic E-state index is 0. The van der Waals surface area contributed by atoms with Gasteiger partial charge in [0.2, 0.25) is 0 Å². The van der Waals surface area contributed by atoms with Gasteiger partial charge in [0.25, 0.3) is 0 Å². The second kappa shape index (κ2) is 628. The molecule has 0 saturated carbocycles. The van der Waals surface area contributed by atoms with Crippen LogP contribution in [0.2, 0.25) is 0 Å². The first kappa shape index (κ1) is 81.2. The summed E-state index contributed by atoms with van der Waals surface area (Å²) in [5.74, 6) is 0. The Morgan fingerprint density at radius 3 is 0.235 bits per heavy atom. The van der Waals surface area contributed by atoms with Gasteiger partial charge >= 0.3 is 0 Å². The van der Waals surface area contributed by atoms with Crippen molar-refractivity contribution in [2.24, 2.45) is 0 Å². The molecular weight excluding hydrogens is 320 g/mol. The smallest absolute Gasteiger partial charge is 0 e. The van der Waals surface area contributed by atoms with Crippen LogP contribution < -0.4 is 0 Å². The van der Waals surface area contributed by atoms with Gasteiger partial charge in [0, 0.05) is 21.1 Å². The molecule has 9 heteroatoms. The van der Waals surface area contributed by atoms with E-state index in [1.807, 2.05) is 0 Å². The van der Waals surface area contributed by atoms with Gasteiger partial charge in [0.1, 0.15) is 0 Å². The minimum absolute atomic E-state index is 0. The predicted octanol–water partition coefficient (Wildman–Crippen LogP) is -2.20. The maximum Gasteiger partial charge on any atom is 0 e. The molecule has 0 amide bonds. The van der Waals surface area contributed by atoms with Crippen molar-refractivity contribution in [2.75, 3.05) is 0 Å². The fraction of sp³-hybridized carbons (Fsp3) is 0. The Morgan fingerprint density at radius 1 is 0.235 bits per heavy atom. The van der Waals surface area contributed by atoms with Gasteiger partial charge in [-0.1, -0.05) is 0 Å². The monoisotopic (exact) mass is 330 g/mol. The zero-order chi connectivity index (χ0) is 16.0. The third-order valence-corrected chi connectivity index (χ3v) is 0. The second-order valence-corrected chi connectivity index (χ2v) is 0. The topological polar surface area (TPSA) is 137 Å². The molecule has 0 aliphatic rings. The van der Waals surface area contributed by atoms with Crippen molar-refractivity contribution in [3.63, 3.8) is 0 Å². The molecule has 0 saturated heterocycles. The summed E-state index contributed by atoms with van der Waals surface area (Å²) in [5.41, 5.74) is 0. The number of hydrogen-bond donors (Lipinski definition) is 0. The molecule has 0 aliphatic heterocycles. The molecule has 0 heterocycles. The number of hydrogen-bond acceptors (Lipinski definition) is 8. The molecule has 0 N–H and O–H groups in total. The van der Waals surface area contributed by atoms with Crippen molar-refractivity contribution in [3.8, 4) is 0 Å². The third-order valence-electron chi connectivity index (χ3n) is 0. The van der Waals surface area contributed by atoms with Crippen molar-refractivity contribution in [1.29, 1.82) is 0 Å². The van der Waals surface area contributed by atoms with Crippen LogP contribution >= 0.6 is 0 Å². The van der Waals surface area contributed by atoms with E-state index in [-0.39, 0.29) is 21.1 Å². The van der Waals surface area contributed by atoms with Crippen LogP contribution in [0.15, 0.2) is 0 Å². The summed E-state index contributed by atoms with van der Waals surface area (Å²) in [6, 6.07) is 0. The van der Waals surface area contributed by atoms with Crippen LogP contribution in [0, 0.1) is 0 Å². The van der Waals surface area contributed by atoms with Crippen LogP contribution in [0.3, 0.4) is 0 Å². The Morgan fingerprint density at radius 2 is 0.235 bits per heavy atom. The summed E-state index contributed by atoms with van der Waals surface area (Å²) in [7, 11) is 0. The molecule has 0 bridgehead atoms. The van der Waals surface area contributed by atoms with Crippen molar-refractivity contribution in [3.05, 3.63) is 0 Å². The maximum absolute atomic E-state index is 7.75. The number of carbonyl (C=O) groups excluding carboxylic acids is 8. The van der Waals surface area contributed by atoms with E-state index < -0.39 is 0 Å². The molecule has 0 atom stereocenters. The van der Waals surface area contributed by atoms with Crippen LogP contribution in [0.25, 0.3) is 0 Å². The number of rotatable bonds is 0. The van der Waals surface area contributed by atoms with Crippen LogP contribution in [0.4, 0.5) is 0 Å².